The predicted molar refractivity (Wildman–Crippen MR) is 441 cm³/mol. The molecular formula is C68H42B24N8O4. The molecule has 8 unspecified atom stereocenters. The molecule has 12 nitrogen and oxygen atoms in total. The smallest absolute Gasteiger partial charge is 0.168 e. The van der Waals surface area contributed by atoms with Gasteiger partial charge in [-0.15, -0.1) is 43.7 Å². The monoisotopic (exact) mass is 1300 g/mol. The van der Waals surface area contributed by atoms with Crippen LogP contribution in [0, 0.1) is 0 Å². The van der Waals surface area contributed by atoms with E-state index in [0.29, 0.717) is 156 Å². The third-order valence-electron chi connectivity index (χ3n) is 22.6. The molecule has 32 radical (unpaired) electrons. The van der Waals surface area contributed by atoms with Gasteiger partial charge in [-0.05, 0) is 121 Å². The number of fused-ring (bicyclic) bond motifs is 20. The molecule has 8 atom stereocenters. The number of H-pyrrole nitrogens is 2. The van der Waals surface area contributed by atoms with E-state index < -0.39 is 20.9 Å². The van der Waals surface area contributed by atoms with Crippen molar-refractivity contribution in [2.24, 2.45) is 0 Å². The van der Waals surface area contributed by atoms with Gasteiger partial charge in [-0.25, -0.2) is 29.9 Å². The van der Waals surface area contributed by atoms with Crippen LogP contribution in [0.25, 0.3) is 89.7 Å². The zero-order chi connectivity index (χ0) is 71.6. The average molecular weight is 1300 g/mol. The summed E-state index contributed by atoms with van der Waals surface area (Å²) in [5, 5.41) is 0.728. The van der Waals surface area contributed by atoms with Crippen molar-refractivity contribution in [2.75, 3.05) is 0 Å². The van der Waals surface area contributed by atoms with Crippen LogP contribution in [0.1, 0.15) is 22.3 Å². The van der Waals surface area contributed by atoms with Crippen molar-refractivity contribution in [1.82, 2.24) is 39.9 Å². The van der Waals surface area contributed by atoms with Crippen LogP contribution < -0.4 is 18.9 Å². The number of nitrogens with zero attached hydrogens (tertiary/aromatic N) is 6. The lowest BCUT2D eigenvalue weighted by atomic mass is 9.38. The van der Waals surface area contributed by atoms with Crippen LogP contribution in [-0.4, -0.2) is 216 Å². The van der Waals surface area contributed by atoms with Crippen molar-refractivity contribution in [3.8, 4) is 91.5 Å². The summed E-state index contributed by atoms with van der Waals surface area (Å²) in [6.45, 7) is -0.732. The number of hydrogen-bond acceptors (Lipinski definition) is 10. The van der Waals surface area contributed by atoms with E-state index in [9.17, 15) is 0 Å². The molecule has 0 spiro atoms. The summed E-state index contributed by atoms with van der Waals surface area (Å²) in [4.78, 5) is 39.8. The first-order valence-electron chi connectivity index (χ1n) is 34.5. The van der Waals surface area contributed by atoms with E-state index in [2.05, 4.69) is 9.97 Å². The summed E-state index contributed by atoms with van der Waals surface area (Å²) >= 11 is 0. The normalized spacial score (nSPS) is 22.2. The molecule has 4 saturated heterocycles. The fourth-order valence-corrected chi connectivity index (χ4v) is 16.2. The third kappa shape index (κ3) is 11.6. The lowest BCUT2D eigenvalue weighted by molar-refractivity contribution is 0.484. The third-order valence-corrected chi connectivity index (χ3v) is 22.6. The van der Waals surface area contributed by atoms with Crippen molar-refractivity contribution in [3.63, 3.8) is 0 Å². The highest BCUT2D eigenvalue weighted by Gasteiger charge is 2.61. The number of rotatable bonds is 24. The molecule has 8 bridgehead atoms. The molecule has 11 aromatic rings. The second kappa shape index (κ2) is 27.0. The van der Waals surface area contributed by atoms with Crippen molar-refractivity contribution >= 4 is 221 Å². The van der Waals surface area contributed by atoms with Crippen molar-refractivity contribution in [3.05, 3.63) is 192 Å². The highest BCUT2D eigenvalue weighted by molar-refractivity contribution is 7.30. The van der Waals surface area contributed by atoms with Gasteiger partial charge < -0.3 is 28.9 Å². The molecule has 450 valence electrons. The van der Waals surface area contributed by atoms with Gasteiger partial charge in [0.1, 0.15) is 68.6 Å². The lowest BCUT2D eigenvalue weighted by Crippen LogP contribution is -2.15. The summed E-state index contributed by atoms with van der Waals surface area (Å²) in [5.74, 6) is 5.29. The number of benzene rings is 8. The second-order valence-corrected chi connectivity index (χ2v) is 28.1. The maximum Gasteiger partial charge on any atom is 0.168 e. The molecule has 0 saturated carbocycles. The summed E-state index contributed by atoms with van der Waals surface area (Å²) in [5.41, 5.74) is 7.85. The van der Waals surface area contributed by atoms with Crippen LogP contribution in [0.5, 0.6) is 46.0 Å². The Morgan fingerprint density at radius 1 is 0.317 bits per heavy atom. The zero-order valence-corrected chi connectivity index (χ0v) is 56.5. The van der Waals surface area contributed by atoms with Gasteiger partial charge in [0.2, 0.25) is 0 Å². The number of ether oxygens (including phenoxy) is 4. The van der Waals surface area contributed by atoms with Crippen molar-refractivity contribution in [1.29, 1.82) is 0 Å². The Hall–Kier alpha value is -8.12. The van der Waals surface area contributed by atoms with Crippen LogP contribution in [0.15, 0.2) is 170 Å². The fourth-order valence-electron chi connectivity index (χ4n) is 16.2. The zero-order valence-electron chi connectivity index (χ0n) is 56.5. The van der Waals surface area contributed by atoms with E-state index in [1.807, 2.05) is 170 Å². The first-order valence-corrected chi connectivity index (χ1v) is 34.5. The fraction of sp³-hybridized carbons (Fsp3) is 0.176. The van der Waals surface area contributed by atoms with Crippen LogP contribution >= 0.6 is 0 Å². The van der Waals surface area contributed by atoms with Gasteiger partial charge in [0, 0.05) is 143 Å². The van der Waals surface area contributed by atoms with Crippen LogP contribution in [0.3, 0.4) is 0 Å². The topological polar surface area (TPSA) is 146 Å². The molecular weight excluding hydrogens is 1250 g/mol. The minimum Gasteiger partial charge on any atom is -0.457 e. The van der Waals surface area contributed by atoms with E-state index in [1.165, 1.54) is 0 Å². The summed E-state index contributed by atoms with van der Waals surface area (Å²) in [6, 6.07) is 54.3. The highest BCUT2D eigenvalue weighted by Crippen LogP contribution is 2.64. The number of nitrogens with one attached hydrogen (secondary N) is 2. The Kier molecular flexibility index (Phi) is 17.9. The van der Waals surface area contributed by atoms with Crippen LogP contribution in [-0.2, 0) is 25.7 Å². The maximum absolute atomic E-state index is 6.92. The Bertz CT molecular complexity index is 5370. The lowest BCUT2D eigenvalue weighted by Gasteiger charge is -2.18. The van der Waals surface area contributed by atoms with E-state index >= 15 is 0 Å². The Balaban J connectivity index is 0.843. The summed E-state index contributed by atoms with van der Waals surface area (Å²) in [6.07, 6.45) is 2.40. The minimum atomic E-state index is -0.446. The molecule has 6 aliphatic heterocycles. The SMILES string of the molecule is [B][11B]C1[11B]([B])C1([11B][B])Cc1ccc(Oc2cccc3c2-c2nc-3nc3[nH]c(nc4nc(nc5[nH]c(n2)c2cccc(Oc6ccc(CC7([11B][B])[11B]([B])C7[11B][B])cc6)c52)-c2cccc(Oc5ccc(CC6([11B][B])[11B]([B])C6[11B][B])cc5)c2-4)c2c(Oc4ccc(CC5([11B][B])[11B]([B])C5[11B][B])cc4)cccc32)cc1. The first kappa shape index (κ1) is 69.0. The molecule has 4 fully saturated rings. The molecule has 8 aromatic carbocycles. The Morgan fingerprint density at radius 2 is 0.587 bits per heavy atom. The van der Waals surface area contributed by atoms with Crippen LogP contribution in [0.2, 0.25) is 43.7 Å². The molecule has 17 rings (SSSR count). The van der Waals surface area contributed by atoms with Crippen molar-refractivity contribution < 1.29 is 18.9 Å². The largest absolute Gasteiger partial charge is 0.457 e. The Labute approximate surface area is 628 Å². The quantitative estimate of drug-likeness (QED) is 0.0592. The second-order valence-electron chi connectivity index (χ2n) is 28.1. The molecule has 0 aliphatic carbocycles. The van der Waals surface area contributed by atoms with Gasteiger partial charge in [0.05, 0.1) is 77.0 Å². The summed E-state index contributed by atoms with van der Waals surface area (Å²) in [7, 11) is 88.0. The number of aromatic amines is 2. The standard InChI is InChI=1S/C68H42B24N8O4/c69-81-61-65(85-73,89(61)77)29-33-13-21-37(22-14-33)101-45-9-1-5-41-49(45)57-94-53(41)93-54-42-6-2-11-47(103-39-25-17-35(18-26-39)31-67(87-75)63(83-71)91(67)79)51(42)59(95-54)100-60-52-44(8-4-12-48(52)104-40-27-19-36(20-28-40)32-68(88-76)64(84-72)92(68)80)56(99-60)98-58-50-43(55(96-57)97-58)7-3-10-46(50)102-38-23-15-34(16-24-38)30-66(86-74)62(82-70)90(66)78/h1-28,61-64H,29-32H2,(H2,93,94,95,96,97,98,99,100)/i81+0,82+0,83+0,84+0,85+0,86+0,87+0,88+0,89+0,90+0,91+0,92+0. The van der Waals surface area contributed by atoms with Gasteiger partial charge in [0.15, 0.2) is 23.3 Å². The highest BCUT2D eigenvalue weighted by atomic mass is 16.5. The molecule has 36 heteroatoms. The van der Waals surface area contributed by atoms with E-state index in [1.54, 1.807) is 57.4 Å². The van der Waals surface area contributed by atoms with Gasteiger partial charge >= 0.3 is 0 Å². The van der Waals surface area contributed by atoms with E-state index in [0.717, 1.165) is 22.3 Å². The minimum absolute atomic E-state index is 0.0312. The maximum atomic E-state index is 6.92. The molecule has 3 aromatic heterocycles. The molecule has 0 amide bonds. The van der Waals surface area contributed by atoms with Gasteiger partial charge in [0.25, 0.3) is 0 Å². The predicted octanol–water partition coefficient (Wildman–Crippen LogP) is 7.31. The Morgan fingerprint density at radius 3 is 0.885 bits per heavy atom. The van der Waals surface area contributed by atoms with Gasteiger partial charge in [-0.1, -0.05) is 97.1 Å². The molecule has 9 heterocycles. The van der Waals surface area contributed by atoms with Gasteiger partial charge in [-0.2, -0.15) is 0 Å². The van der Waals surface area contributed by atoms with Crippen molar-refractivity contribution in [2.45, 2.75) is 69.4 Å². The van der Waals surface area contributed by atoms with Crippen LogP contribution in [0.4, 0.5) is 0 Å². The van der Waals surface area contributed by atoms with E-state index in [-0.39, 0.29) is 55.1 Å². The number of aromatic nitrogens is 8. The molecule has 2 N–H and O–H groups in total. The average Bonchev–Trinajstić information content (AvgIpc) is 1.58. The van der Waals surface area contributed by atoms with E-state index in [4.69, 9.17) is 142 Å². The molecule has 104 heavy (non-hydrogen) atoms. The number of hydrogen-bond donors (Lipinski definition) is 2. The first-order chi connectivity index (χ1) is 50.6. The van der Waals surface area contributed by atoms with Gasteiger partial charge in [-0.3, -0.25) is 0 Å². The summed E-state index contributed by atoms with van der Waals surface area (Å²) < 4.78 is 27.6. The molecule has 6 aliphatic rings.